The van der Waals surface area contributed by atoms with Crippen LogP contribution in [0.3, 0.4) is 0 Å². The SMILES string of the molecule is CC(C)N(CC(N)=O)Cc1coc(-c2ccc(F)cc2)n1. The predicted molar refractivity (Wildman–Crippen MR) is 76.6 cm³/mol. The summed E-state index contributed by atoms with van der Waals surface area (Å²) in [4.78, 5) is 17.3. The van der Waals surface area contributed by atoms with E-state index in [1.165, 1.54) is 18.4 Å². The number of oxazole rings is 1. The highest BCUT2D eigenvalue weighted by Gasteiger charge is 2.15. The van der Waals surface area contributed by atoms with Gasteiger partial charge in [-0.2, -0.15) is 0 Å². The van der Waals surface area contributed by atoms with Gasteiger partial charge in [0.1, 0.15) is 12.1 Å². The zero-order valence-corrected chi connectivity index (χ0v) is 12.0. The topological polar surface area (TPSA) is 72.4 Å². The Morgan fingerprint density at radius 2 is 2.05 bits per heavy atom. The molecular weight excluding hydrogens is 273 g/mol. The van der Waals surface area contributed by atoms with E-state index in [9.17, 15) is 9.18 Å². The van der Waals surface area contributed by atoms with Crippen LogP contribution < -0.4 is 5.73 Å². The summed E-state index contributed by atoms with van der Waals surface area (Å²) in [5.74, 6) is -0.267. The van der Waals surface area contributed by atoms with E-state index in [4.69, 9.17) is 10.2 Å². The van der Waals surface area contributed by atoms with Crippen molar-refractivity contribution in [2.24, 2.45) is 5.73 Å². The highest BCUT2D eigenvalue weighted by Crippen LogP contribution is 2.19. The predicted octanol–water partition coefficient (Wildman–Crippen LogP) is 2.18. The number of carbonyl (C=O) groups excluding carboxylic acids is 1. The minimum Gasteiger partial charge on any atom is -0.444 e. The van der Waals surface area contributed by atoms with Crippen molar-refractivity contribution in [1.29, 1.82) is 0 Å². The first-order valence-corrected chi connectivity index (χ1v) is 6.68. The smallest absolute Gasteiger partial charge is 0.231 e. The van der Waals surface area contributed by atoms with E-state index in [0.29, 0.717) is 23.7 Å². The Morgan fingerprint density at radius 1 is 1.38 bits per heavy atom. The molecule has 0 aliphatic rings. The number of amides is 1. The Hall–Kier alpha value is -2.21. The normalized spacial score (nSPS) is 11.3. The lowest BCUT2D eigenvalue weighted by Gasteiger charge is -2.23. The van der Waals surface area contributed by atoms with Crippen molar-refractivity contribution >= 4 is 5.91 Å². The van der Waals surface area contributed by atoms with E-state index in [2.05, 4.69) is 4.98 Å². The molecule has 0 fully saturated rings. The number of nitrogens with zero attached hydrogens (tertiary/aromatic N) is 2. The molecule has 0 aliphatic heterocycles. The second kappa shape index (κ2) is 6.49. The Morgan fingerprint density at radius 3 is 2.62 bits per heavy atom. The van der Waals surface area contributed by atoms with Gasteiger partial charge in [-0.15, -0.1) is 0 Å². The number of carbonyl (C=O) groups is 1. The molecule has 0 unspecified atom stereocenters. The molecule has 1 heterocycles. The highest BCUT2D eigenvalue weighted by atomic mass is 19.1. The van der Waals surface area contributed by atoms with Crippen molar-refractivity contribution in [3.63, 3.8) is 0 Å². The molecule has 6 heteroatoms. The van der Waals surface area contributed by atoms with E-state index in [0.717, 1.165) is 0 Å². The molecule has 0 aliphatic carbocycles. The summed E-state index contributed by atoms with van der Waals surface area (Å²) >= 11 is 0. The van der Waals surface area contributed by atoms with Gasteiger partial charge in [0.05, 0.1) is 12.2 Å². The van der Waals surface area contributed by atoms with Crippen LogP contribution in [0.25, 0.3) is 11.5 Å². The van der Waals surface area contributed by atoms with Crippen molar-refractivity contribution in [3.8, 4) is 11.5 Å². The molecule has 0 atom stereocenters. The Bertz CT molecular complexity index is 608. The second-order valence-corrected chi connectivity index (χ2v) is 5.12. The average Bonchev–Trinajstić information content (AvgIpc) is 2.87. The lowest BCUT2D eigenvalue weighted by Crippen LogP contribution is -2.38. The maximum atomic E-state index is 12.9. The van der Waals surface area contributed by atoms with Crippen molar-refractivity contribution in [1.82, 2.24) is 9.88 Å². The van der Waals surface area contributed by atoms with Gasteiger partial charge in [-0.25, -0.2) is 9.37 Å². The summed E-state index contributed by atoms with van der Waals surface area (Å²) in [6.45, 7) is 4.58. The minimum atomic E-state index is -0.383. The van der Waals surface area contributed by atoms with Crippen LogP contribution in [-0.4, -0.2) is 28.4 Å². The molecule has 5 nitrogen and oxygen atoms in total. The van der Waals surface area contributed by atoms with Crippen LogP contribution in [0.4, 0.5) is 4.39 Å². The molecule has 2 rings (SSSR count). The van der Waals surface area contributed by atoms with Crippen LogP contribution in [0.15, 0.2) is 34.9 Å². The number of primary amides is 1. The third-order valence-corrected chi connectivity index (χ3v) is 3.10. The third kappa shape index (κ3) is 4.13. The number of nitrogens with two attached hydrogens (primary N) is 1. The average molecular weight is 291 g/mol. The molecule has 2 aromatic rings. The van der Waals surface area contributed by atoms with Crippen molar-refractivity contribution in [3.05, 3.63) is 42.0 Å². The summed E-state index contributed by atoms with van der Waals surface area (Å²) < 4.78 is 18.3. The van der Waals surface area contributed by atoms with Gasteiger partial charge in [0.2, 0.25) is 11.8 Å². The van der Waals surface area contributed by atoms with Crippen LogP contribution in [-0.2, 0) is 11.3 Å². The van der Waals surface area contributed by atoms with Crippen molar-refractivity contribution < 1.29 is 13.6 Å². The molecule has 2 N–H and O–H groups in total. The number of halogens is 1. The molecule has 0 saturated heterocycles. The fourth-order valence-corrected chi connectivity index (χ4v) is 1.93. The van der Waals surface area contributed by atoms with E-state index in [1.807, 2.05) is 18.7 Å². The molecule has 112 valence electrons. The van der Waals surface area contributed by atoms with Gasteiger partial charge in [-0.3, -0.25) is 9.69 Å². The highest BCUT2D eigenvalue weighted by molar-refractivity contribution is 5.75. The molecule has 1 amide bonds. The van der Waals surface area contributed by atoms with E-state index in [-0.39, 0.29) is 24.3 Å². The second-order valence-electron chi connectivity index (χ2n) is 5.12. The number of aromatic nitrogens is 1. The van der Waals surface area contributed by atoms with E-state index < -0.39 is 0 Å². The quantitative estimate of drug-likeness (QED) is 0.885. The van der Waals surface area contributed by atoms with Gasteiger partial charge in [0.25, 0.3) is 0 Å². The number of rotatable bonds is 6. The van der Waals surface area contributed by atoms with Crippen LogP contribution in [0.5, 0.6) is 0 Å². The Balaban J connectivity index is 2.11. The number of benzene rings is 1. The molecule has 0 saturated carbocycles. The van der Waals surface area contributed by atoms with E-state index >= 15 is 0 Å². The lowest BCUT2D eigenvalue weighted by atomic mass is 10.2. The van der Waals surface area contributed by atoms with Crippen molar-refractivity contribution in [2.45, 2.75) is 26.4 Å². The minimum absolute atomic E-state index is 0.156. The maximum absolute atomic E-state index is 12.9. The summed E-state index contributed by atoms with van der Waals surface area (Å²) in [7, 11) is 0. The summed E-state index contributed by atoms with van der Waals surface area (Å²) in [6, 6.07) is 6.08. The summed E-state index contributed by atoms with van der Waals surface area (Å²) in [5, 5.41) is 0. The van der Waals surface area contributed by atoms with Gasteiger partial charge in [0.15, 0.2) is 0 Å². The first-order valence-electron chi connectivity index (χ1n) is 6.68. The van der Waals surface area contributed by atoms with Gasteiger partial charge in [-0.05, 0) is 38.1 Å². The summed E-state index contributed by atoms with van der Waals surface area (Å²) in [5.41, 5.74) is 6.64. The first kappa shape index (κ1) is 15.2. The van der Waals surface area contributed by atoms with Gasteiger partial charge >= 0.3 is 0 Å². The molecule has 21 heavy (non-hydrogen) atoms. The number of hydrogen-bond donors (Lipinski definition) is 1. The molecule has 1 aromatic carbocycles. The largest absolute Gasteiger partial charge is 0.444 e. The zero-order valence-electron chi connectivity index (χ0n) is 12.0. The maximum Gasteiger partial charge on any atom is 0.231 e. The Labute approximate surface area is 122 Å². The van der Waals surface area contributed by atoms with Crippen LogP contribution in [0.1, 0.15) is 19.5 Å². The fraction of sp³-hybridized carbons (Fsp3) is 0.333. The molecule has 0 bridgehead atoms. The van der Waals surface area contributed by atoms with E-state index in [1.54, 1.807) is 12.1 Å². The first-order chi connectivity index (χ1) is 9.95. The van der Waals surface area contributed by atoms with Gasteiger partial charge in [0, 0.05) is 18.2 Å². The van der Waals surface area contributed by atoms with Crippen LogP contribution in [0.2, 0.25) is 0 Å². The standard InChI is InChI=1S/C15H18FN3O2/c1-10(2)19(8-14(17)20)7-13-9-21-15(18-13)11-3-5-12(16)6-4-11/h3-6,9-10H,7-8H2,1-2H3,(H2,17,20). The zero-order chi connectivity index (χ0) is 15.4. The van der Waals surface area contributed by atoms with Crippen LogP contribution in [0, 0.1) is 5.82 Å². The molecule has 1 aromatic heterocycles. The van der Waals surface area contributed by atoms with Crippen molar-refractivity contribution in [2.75, 3.05) is 6.54 Å². The Kier molecular flexibility index (Phi) is 4.70. The monoisotopic (exact) mass is 291 g/mol. The summed E-state index contributed by atoms with van der Waals surface area (Å²) in [6.07, 6.45) is 1.54. The van der Waals surface area contributed by atoms with Gasteiger partial charge in [-0.1, -0.05) is 0 Å². The molecule has 0 radical (unpaired) electrons. The number of hydrogen-bond acceptors (Lipinski definition) is 4. The molecular formula is C15H18FN3O2. The third-order valence-electron chi connectivity index (χ3n) is 3.10. The van der Waals surface area contributed by atoms with Gasteiger partial charge < -0.3 is 10.2 Å². The fourth-order valence-electron chi connectivity index (χ4n) is 1.93. The molecule has 0 spiro atoms. The van der Waals surface area contributed by atoms with Crippen LogP contribution >= 0.6 is 0 Å². The lowest BCUT2D eigenvalue weighted by molar-refractivity contribution is -0.119.